The number of carbonyl (C=O) groups is 3. The second-order valence-corrected chi connectivity index (χ2v) is 9.70. The van der Waals surface area contributed by atoms with E-state index in [0.717, 1.165) is 32.5 Å². The quantitative estimate of drug-likeness (QED) is 0.571. The predicted octanol–water partition coefficient (Wildman–Crippen LogP) is 3.08. The van der Waals surface area contributed by atoms with Gasteiger partial charge in [0.2, 0.25) is 0 Å². The van der Waals surface area contributed by atoms with Gasteiger partial charge in [-0.05, 0) is 60.9 Å². The summed E-state index contributed by atoms with van der Waals surface area (Å²) >= 11 is 0. The highest BCUT2D eigenvalue weighted by Crippen LogP contribution is 2.13. The van der Waals surface area contributed by atoms with E-state index >= 15 is 0 Å². The zero-order valence-electron chi connectivity index (χ0n) is 19.3. The molecule has 1 aliphatic heterocycles. The van der Waals surface area contributed by atoms with Crippen LogP contribution in [0, 0.1) is 0 Å². The Morgan fingerprint density at radius 3 is 1.97 bits per heavy atom. The minimum atomic E-state index is -1.06. The Kier molecular flexibility index (Phi) is 9.87. The molecular formula is C21H39N3O6. The van der Waals surface area contributed by atoms with Gasteiger partial charge in [0.15, 0.2) is 0 Å². The van der Waals surface area contributed by atoms with Gasteiger partial charge >= 0.3 is 18.2 Å². The van der Waals surface area contributed by atoms with E-state index in [4.69, 9.17) is 9.47 Å². The molecular weight excluding hydrogens is 390 g/mol. The summed E-state index contributed by atoms with van der Waals surface area (Å²) in [5.74, 6) is -1.06. The zero-order valence-corrected chi connectivity index (χ0v) is 19.3. The molecule has 0 aliphatic carbocycles. The minimum absolute atomic E-state index is 0.264. The molecule has 0 unspecified atom stereocenters. The Bertz CT molecular complexity index is 574. The molecule has 0 aromatic heterocycles. The summed E-state index contributed by atoms with van der Waals surface area (Å²) in [5.41, 5.74) is -1.15. The van der Waals surface area contributed by atoms with E-state index in [0.29, 0.717) is 25.9 Å². The lowest BCUT2D eigenvalue weighted by atomic mass is 10.1. The number of ether oxygens (including phenoxy) is 2. The highest BCUT2D eigenvalue weighted by Gasteiger charge is 2.26. The van der Waals surface area contributed by atoms with Gasteiger partial charge in [0.25, 0.3) is 0 Å². The molecule has 1 saturated heterocycles. The maximum atomic E-state index is 12.1. The summed E-state index contributed by atoms with van der Waals surface area (Å²) in [6.07, 6.45) is 1.89. The van der Waals surface area contributed by atoms with Gasteiger partial charge in [-0.15, -0.1) is 0 Å². The molecule has 0 spiro atoms. The number of unbranched alkanes of at least 4 members (excludes halogenated alkanes) is 2. The van der Waals surface area contributed by atoms with Crippen LogP contribution >= 0.6 is 0 Å². The van der Waals surface area contributed by atoms with Gasteiger partial charge in [-0.1, -0.05) is 12.8 Å². The molecule has 1 atom stereocenters. The molecule has 30 heavy (non-hydrogen) atoms. The Balaban J connectivity index is 2.23. The van der Waals surface area contributed by atoms with Crippen molar-refractivity contribution in [3.63, 3.8) is 0 Å². The Morgan fingerprint density at radius 2 is 1.47 bits per heavy atom. The van der Waals surface area contributed by atoms with Crippen LogP contribution in [0.4, 0.5) is 9.59 Å². The van der Waals surface area contributed by atoms with Crippen LogP contribution in [0.2, 0.25) is 0 Å². The average molecular weight is 430 g/mol. The number of alkyl carbamates (subject to hydrolysis) is 1. The molecule has 2 amide bonds. The monoisotopic (exact) mass is 429 g/mol. The largest absolute Gasteiger partial charge is 0.480 e. The van der Waals surface area contributed by atoms with Gasteiger partial charge in [0.05, 0.1) is 0 Å². The predicted molar refractivity (Wildman–Crippen MR) is 114 cm³/mol. The van der Waals surface area contributed by atoms with Crippen LogP contribution in [0.3, 0.4) is 0 Å². The molecule has 1 fully saturated rings. The smallest absolute Gasteiger partial charge is 0.410 e. The van der Waals surface area contributed by atoms with E-state index in [1.54, 1.807) is 25.7 Å². The van der Waals surface area contributed by atoms with Crippen molar-refractivity contribution in [1.29, 1.82) is 0 Å². The summed E-state index contributed by atoms with van der Waals surface area (Å²) in [5, 5.41) is 11.7. The van der Waals surface area contributed by atoms with Crippen molar-refractivity contribution in [1.82, 2.24) is 15.1 Å². The van der Waals surface area contributed by atoms with Crippen molar-refractivity contribution >= 4 is 18.2 Å². The summed E-state index contributed by atoms with van der Waals surface area (Å²) in [6, 6.07) is -0.947. The summed E-state index contributed by atoms with van der Waals surface area (Å²) in [4.78, 5) is 39.3. The summed E-state index contributed by atoms with van der Waals surface area (Å²) in [6.45, 7) is 14.6. The van der Waals surface area contributed by atoms with Gasteiger partial charge in [0.1, 0.15) is 17.2 Å². The van der Waals surface area contributed by atoms with Crippen LogP contribution in [0.15, 0.2) is 0 Å². The number of piperazine rings is 1. The van der Waals surface area contributed by atoms with E-state index in [-0.39, 0.29) is 6.09 Å². The van der Waals surface area contributed by atoms with Crippen molar-refractivity contribution < 1.29 is 29.0 Å². The number of hydrogen-bond acceptors (Lipinski definition) is 6. The molecule has 9 heteroatoms. The van der Waals surface area contributed by atoms with Crippen LogP contribution in [0.5, 0.6) is 0 Å². The molecule has 0 aromatic rings. The molecule has 1 rings (SSSR count). The van der Waals surface area contributed by atoms with Crippen LogP contribution in [-0.4, -0.2) is 83.0 Å². The van der Waals surface area contributed by atoms with Crippen molar-refractivity contribution in [3.8, 4) is 0 Å². The maximum Gasteiger partial charge on any atom is 0.410 e. The third-order valence-corrected chi connectivity index (χ3v) is 4.48. The lowest BCUT2D eigenvalue weighted by molar-refractivity contribution is -0.139. The summed E-state index contributed by atoms with van der Waals surface area (Å²) < 4.78 is 10.5. The number of amides is 2. The van der Waals surface area contributed by atoms with Gasteiger partial charge in [-0.3, -0.25) is 4.90 Å². The van der Waals surface area contributed by atoms with Crippen molar-refractivity contribution in [3.05, 3.63) is 0 Å². The van der Waals surface area contributed by atoms with Crippen LogP contribution in [0.25, 0.3) is 0 Å². The first-order valence-electron chi connectivity index (χ1n) is 10.7. The third kappa shape index (κ3) is 11.2. The first-order valence-corrected chi connectivity index (χ1v) is 10.7. The van der Waals surface area contributed by atoms with Gasteiger partial charge in [-0.25, -0.2) is 14.4 Å². The molecule has 9 nitrogen and oxygen atoms in total. The van der Waals surface area contributed by atoms with E-state index in [2.05, 4.69) is 10.2 Å². The Labute approximate surface area is 180 Å². The highest BCUT2D eigenvalue weighted by molar-refractivity contribution is 5.79. The van der Waals surface area contributed by atoms with E-state index < -0.39 is 29.3 Å². The molecule has 0 aromatic carbocycles. The highest BCUT2D eigenvalue weighted by atomic mass is 16.6. The van der Waals surface area contributed by atoms with Crippen molar-refractivity contribution in [2.45, 2.75) is 84.5 Å². The number of carbonyl (C=O) groups excluding carboxylic acids is 2. The number of hydrogen-bond donors (Lipinski definition) is 2. The third-order valence-electron chi connectivity index (χ3n) is 4.48. The van der Waals surface area contributed by atoms with Crippen LogP contribution < -0.4 is 5.32 Å². The SMILES string of the molecule is CC(C)(C)OC(=O)N[C@@H](CCCCCN1CCN(C(=O)OC(C)(C)C)CC1)C(=O)O. The molecule has 0 radical (unpaired) electrons. The number of rotatable bonds is 8. The average Bonchev–Trinajstić information content (AvgIpc) is 2.57. The van der Waals surface area contributed by atoms with Gasteiger partial charge in [0, 0.05) is 26.2 Å². The molecule has 2 N–H and O–H groups in total. The second kappa shape index (κ2) is 11.4. The van der Waals surface area contributed by atoms with Gasteiger partial charge in [-0.2, -0.15) is 0 Å². The molecule has 1 aliphatic rings. The minimum Gasteiger partial charge on any atom is -0.480 e. The number of nitrogens with zero attached hydrogens (tertiary/aromatic N) is 2. The normalized spacial score (nSPS) is 16.7. The molecule has 174 valence electrons. The fourth-order valence-electron chi connectivity index (χ4n) is 3.05. The number of carboxylic acid groups (broad SMARTS) is 1. The Morgan fingerprint density at radius 1 is 0.900 bits per heavy atom. The standard InChI is InChI=1S/C21H39N3O6/c1-20(2,3)29-18(27)22-16(17(25)26)10-8-7-9-11-23-12-14-24(15-13-23)19(28)30-21(4,5)6/h16H,7-15H2,1-6H3,(H,22,27)(H,25,26)/t16-/m0/s1. The molecule has 0 bridgehead atoms. The number of aliphatic carboxylic acids is 1. The van der Waals surface area contributed by atoms with E-state index in [1.165, 1.54) is 0 Å². The van der Waals surface area contributed by atoms with Crippen molar-refractivity contribution in [2.24, 2.45) is 0 Å². The topological polar surface area (TPSA) is 108 Å². The van der Waals surface area contributed by atoms with Crippen molar-refractivity contribution in [2.75, 3.05) is 32.7 Å². The zero-order chi connectivity index (χ0) is 22.9. The fourth-order valence-corrected chi connectivity index (χ4v) is 3.05. The van der Waals surface area contributed by atoms with Crippen LogP contribution in [0.1, 0.15) is 67.2 Å². The maximum absolute atomic E-state index is 12.1. The first kappa shape index (κ1) is 26.0. The molecule has 0 saturated carbocycles. The van der Waals surface area contributed by atoms with E-state index in [1.807, 2.05) is 20.8 Å². The number of carboxylic acids is 1. The number of nitrogens with one attached hydrogen (secondary N) is 1. The Hall–Kier alpha value is -2.03. The fraction of sp³-hybridized carbons (Fsp3) is 0.857. The lowest BCUT2D eigenvalue weighted by Crippen LogP contribution is -2.50. The molecule has 1 heterocycles. The summed E-state index contributed by atoms with van der Waals surface area (Å²) in [7, 11) is 0. The second-order valence-electron chi connectivity index (χ2n) is 9.70. The van der Waals surface area contributed by atoms with E-state index in [9.17, 15) is 19.5 Å². The first-order chi connectivity index (χ1) is 13.8. The van der Waals surface area contributed by atoms with Crippen LogP contribution in [-0.2, 0) is 14.3 Å². The lowest BCUT2D eigenvalue weighted by Gasteiger charge is -2.35. The van der Waals surface area contributed by atoms with Gasteiger partial charge < -0.3 is 24.8 Å².